The number of benzene rings is 2. The van der Waals surface area contributed by atoms with E-state index in [0.29, 0.717) is 27.9 Å². The summed E-state index contributed by atoms with van der Waals surface area (Å²) in [5, 5.41) is 3.07. The largest absolute Gasteiger partial charge is 0.497 e. The lowest BCUT2D eigenvalue weighted by Gasteiger charge is -2.22. The summed E-state index contributed by atoms with van der Waals surface area (Å²) in [5.74, 6) is 0.435. The molecule has 2 aromatic carbocycles. The zero-order chi connectivity index (χ0) is 20.2. The molecule has 9 heteroatoms. The van der Waals surface area contributed by atoms with Crippen LogP contribution < -0.4 is 19.1 Å². The van der Waals surface area contributed by atoms with Crippen LogP contribution in [0.4, 0.5) is 11.4 Å². The Hall–Kier alpha value is -2.45. The fourth-order valence-electron chi connectivity index (χ4n) is 2.36. The van der Waals surface area contributed by atoms with Crippen molar-refractivity contribution in [3.05, 3.63) is 47.0 Å². The number of rotatable bonds is 7. The van der Waals surface area contributed by atoms with Gasteiger partial charge in [-0.3, -0.25) is 9.10 Å². The number of nitrogens with zero attached hydrogens (tertiary/aromatic N) is 1. The minimum atomic E-state index is -3.70. The number of methoxy groups -OCH3 is 2. The van der Waals surface area contributed by atoms with Gasteiger partial charge in [0.2, 0.25) is 15.9 Å². The number of hydrogen-bond acceptors (Lipinski definition) is 5. The summed E-state index contributed by atoms with van der Waals surface area (Å²) in [6.07, 6.45) is 1.03. The molecule has 0 aromatic heterocycles. The van der Waals surface area contributed by atoms with Gasteiger partial charge in [0.05, 0.1) is 31.9 Å². The summed E-state index contributed by atoms with van der Waals surface area (Å²) >= 11 is 6.09. The summed E-state index contributed by atoms with van der Waals surface area (Å²) in [5.41, 5.74) is 1.52. The summed E-state index contributed by atoms with van der Waals surface area (Å²) in [7, 11) is -0.721. The molecule has 146 valence electrons. The third-order valence-electron chi connectivity index (χ3n) is 3.81. The van der Waals surface area contributed by atoms with Crippen LogP contribution in [-0.4, -0.2) is 41.3 Å². The molecule has 0 saturated carbocycles. The Labute approximate surface area is 163 Å². The molecule has 0 unspecified atom stereocenters. The van der Waals surface area contributed by atoms with Crippen LogP contribution in [0.1, 0.15) is 5.56 Å². The third kappa shape index (κ3) is 5.27. The van der Waals surface area contributed by atoms with E-state index in [4.69, 9.17) is 21.1 Å². The van der Waals surface area contributed by atoms with E-state index in [-0.39, 0.29) is 0 Å². The van der Waals surface area contributed by atoms with Crippen LogP contribution in [0, 0.1) is 6.92 Å². The number of nitrogens with one attached hydrogen (secondary N) is 1. The molecule has 1 N–H and O–H groups in total. The fourth-order valence-corrected chi connectivity index (χ4v) is 3.38. The summed E-state index contributed by atoms with van der Waals surface area (Å²) in [4.78, 5) is 12.5. The molecule has 0 aliphatic heterocycles. The van der Waals surface area contributed by atoms with Crippen LogP contribution in [-0.2, 0) is 14.8 Å². The Balaban J connectivity index is 2.26. The van der Waals surface area contributed by atoms with Crippen LogP contribution in [0.5, 0.6) is 11.5 Å². The van der Waals surface area contributed by atoms with E-state index in [9.17, 15) is 13.2 Å². The second-order valence-electron chi connectivity index (χ2n) is 5.82. The van der Waals surface area contributed by atoms with Crippen LogP contribution >= 0.6 is 11.6 Å². The maximum absolute atomic E-state index is 12.5. The molecule has 0 spiro atoms. The van der Waals surface area contributed by atoms with Gasteiger partial charge in [-0.1, -0.05) is 17.7 Å². The Morgan fingerprint density at radius 3 is 2.41 bits per heavy atom. The highest BCUT2D eigenvalue weighted by Gasteiger charge is 2.22. The normalized spacial score (nSPS) is 11.0. The van der Waals surface area contributed by atoms with Crippen LogP contribution in [0.25, 0.3) is 0 Å². The molecule has 0 saturated heterocycles. The van der Waals surface area contributed by atoms with Gasteiger partial charge >= 0.3 is 0 Å². The van der Waals surface area contributed by atoms with E-state index in [0.717, 1.165) is 16.1 Å². The van der Waals surface area contributed by atoms with Gasteiger partial charge in [-0.2, -0.15) is 0 Å². The quantitative estimate of drug-likeness (QED) is 0.755. The van der Waals surface area contributed by atoms with Crippen LogP contribution in [0.15, 0.2) is 36.4 Å². The molecule has 27 heavy (non-hydrogen) atoms. The number of anilines is 2. The first-order valence-corrected chi connectivity index (χ1v) is 10.1. The number of halogens is 1. The first kappa shape index (κ1) is 20.9. The Morgan fingerprint density at radius 1 is 1.15 bits per heavy atom. The molecule has 7 nitrogen and oxygen atoms in total. The lowest BCUT2D eigenvalue weighted by molar-refractivity contribution is -0.114. The minimum Gasteiger partial charge on any atom is -0.497 e. The van der Waals surface area contributed by atoms with Gasteiger partial charge in [-0.05, 0) is 36.8 Å². The van der Waals surface area contributed by atoms with Crippen molar-refractivity contribution in [3.63, 3.8) is 0 Å². The first-order valence-electron chi connectivity index (χ1n) is 7.91. The number of amides is 1. The van der Waals surface area contributed by atoms with Gasteiger partial charge in [-0.25, -0.2) is 8.42 Å². The average Bonchev–Trinajstić information content (AvgIpc) is 2.61. The Morgan fingerprint density at radius 2 is 1.85 bits per heavy atom. The molecular weight excluding hydrogens is 392 g/mol. The zero-order valence-electron chi connectivity index (χ0n) is 15.4. The fraction of sp³-hybridized carbons (Fsp3) is 0.278. The van der Waals surface area contributed by atoms with Gasteiger partial charge in [0, 0.05) is 11.1 Å². The molecular formula is C18H21ClN2O5S. The average molecular weight is 413 g/mol. The lowest BCUT2D eigenvalue weighted by Crippen LogP contribution is -2.37. The molecule has 0 fully saturated rings. The van der Waals surface area contributed by atoms with Gasteiger partial charge in [-0.15, -0.1) is 0 Å². The number of sulfonamides is 1. The van der Waals surface area contributed by atoms with Gasteiger partial charge < -0.3 is 14.8 Å². The van der Waals surface area contributed by atoms with E-state index in [1.807, 2.05) is 0 Å². The highest BCUT2D eigenvalue weighted by molar-refractivity contribution is 7.92. The standard InChI is InChI=1S/C18H21ClN2O5S/c1-12-5-6-13(9-15(12)19)21(27(4,23)24)11-18(22)20-16-8-7-14(25-2)10-17(16)26-3/h5-10H,11H2,1-4H3,(H,20,22). The van der Waals surface area contributed by atoms with Gasteiger partial charge in [0.15, 0.2) is 0 Å². The molecule has 0 aliphatic rings. The van der Waals surface area contributed by atoms with Crippen LogP contribution in [0.3, 0.4) is 0 Å². The molecule has 0 heterocycles. The number of carbonyl (C=O) groups excluding carboxylic acids is 1. The maximum atomic E-state index is 12.5. The van der Waals surface area contributed by atoms with E-state index < -0.39 is 22.5 Å². The first-order chi connectivity index (χ1) is 12.7. The predicted octanol–water partition coefficient (Wildman–Crippen LogP) is 3.07. The van der Waals surface area contributed by atoms with Crippen molar-refractivity contribution in [3.8, 4) is 11.5 Å². The number of hydrogen-bond donors (Lipinski definition) is 1. The topological polar surface area (TPSA) is 84.9 Å². The molecule has 0 bridgehead atoms. The Kier molecular flexibility index (Phi) is 6.56. The molecule has 0 radical (unpaired) electrons. The second kappa shape index (κ2) is 8.49. The van der Waals surface area contributed by atoms with E-state index in [1.165, 1.54) is 20.3 Å². The Bertz CT molecular complexity index is 947. The van der Waals surface area contributed by atoms with Crippen molar-refractivity contribution in [2.24, 2.45) is 0 Å². The number of carbonyl (C=O) groups is 1. The van der Waals surface area contributed by atoms with E-state index in [2.05, 4.69) is 5.32 Å². The molecule has 1 amide bonds. The van der Waals surface area contributed by atoms with E-state index >= 15 is 0 Å². The molecule has 2 aromatic rings. The van der Waals surface area contributed by atoms with Crippen molar-refractivity contribution < 1.29 is 22.7 Å². The van der Waals surface area contributed by atoms with Crippen molar-refractivity contribution in [1.82, 2.24) is 0 Å². The number of aryl methyl sites for hydroxylation is 1. The molecule has 0 aliphatic carbocycles. The molecule has 2 rings (SSSR count). The number of ether oxygens (including phenoxy) is 2. The lowest BCUT2D eigenvalue weighted by atomic mass is 10.2. The smallest absolute Gasteiger partial charge is 0.245 e. The zero-order valence-corrected chi connectivity index (χ0v) is 17.0. The van der Waals surface area contributed by atoms with Crippen molar-refractivity contribution in [2.45, 2.75) is 6.92 Å². The second-order valence-corrected chi connectivity index (χ2v) is 8.13. The third-order valence-corrected chi connectivity index (χ3v) is 5.36. The van der Waals surface area contributed by atoms with Gasteiger partial charge in [0.1, 0.15) is 18.0 Å². The summed E-state index contributed by atoms with van der Waals surface area (Å²) in [6.45, 7) is 1.40. The molecule has 0 atom stereocenters. The SMILES string of the molecule is COc1ccc(NC(=O)CN(c2ccc(C)c(Cl)c2)S(C)(=O)=O)c(OC)c1. The highest BCUT2D eigenvalue weighted by atomic mass is 35.5. The van der Waals surface area contributed by atoms with Crippen LogP contribution in [0.2, 0.25) is 5.02 Å². The maximum Gasteiger partial charge on any atom is 0.245 e. The predicted molar refractivity (Wildman–Crippen MR) is 107 cm³/mol. The summed E-state index contributed by atoms with van der Waals surface area (Å²) < 4.78 is 35.7. The van der Waals surface area contributed by atoms with Crippen molar-refractivity contribution in [1.29, 1.82) is 0 Å². The minimum absolute atomic E-state index is 0.310. The van der Waals surface area contributed by atoms with Crippen molar-refractivity contribution in [2.75, 3.05) is 36.6 Å². The van der Waals surface area contributed by atoms with Gasteiger partial charge in [0.25, 0.3) is 0 Å². The van der Waals surface area contributed by atoms with Crippen molar-refractivity contribution >= 4 is 38.9 Å². The summed E-state index contributed by atoms with van der Waals surface area (Å²) in [6, 6.07) is 9.70. The van der Waals surface area contributed by atoms with E-state index in [1.54, 1.807) is 37.3 Å². The monoisotopic (exact) mass is 412 g/mol. The highest BCUT2D eigenvalue weighted by Crippen LogP contribution is 2.29.